The van der Waals surface area contributed by atoms with Crippen molar-refractivity contribution in [3.8, 4) is 0 Å². The largest absolute Gasteiger partial charge is 0.450 e. The number of esters is 1. The Morgan fingerprint density at radius 3 is 2.93 bits per heavy atom. The smallest absolute Gasteiger partial charge is 0.349 e. The summed E-state index contributed by atoms with van der Waals surface area (Å²) in [6.07, 6.45) is 1.86. The Morgan fingerprint density at radius 2 is 2.20 bits per heavy atom. The van der Waals surface area contributed by atoms with E-state index >= 15 is 0 Å². The van der Waals surface area contributed by atoms with Crippen LogP contribution in [0.2, 0.25) is 0 Å². The van der Waals surface area contributed by atoms with Crippen molar-refractivity contribution in [3.63, 3.8) is 0 Å². The molecule has 80 valence electrons. The van der Waals surface area contributed by atoms with E-state index in [9.17, 15) is 4.79 Å². The molecular formula is C11H13NO2S. The summed E-state index contributed by atoms with van der Waals surface area (Å²) >= 11 is 1.50. The minimum Gasteiger partial charge on any atom is -0.450 e. The van der Waals surface area contributed by atoms with E-state index in [1.54, 1.807) is 0 Å². The first kappa shape index (κ1) is 9.36. The van der Waals surface area contributed by atoms with Crippen LogP contribution in [0.1, 0.15) is 28.1 Å². The Balaban J connectivity index is 1.99. The Bertz CT molecular complexity index is 404. The molecule has 2 aliphatic rings. The summed E-state index contributed by atoms with van der Waals surface area (Å²) in [4.78, 5) is 14.8. The molecule has 3 heterocycles. The molecule has 0 amide bonds. The average molecular weight is 223 g/mol. The molecular weight excluding hydrogens is 210 g/mol. The Labute approximate surface area is 92.6 Å². The number of thiophene rings is 1. The van der Waals surface area contributed by atoms with Crippen molar-refractivity contribution in [1.29, 1.82) is 0 Å². The van der Waals surface area contributed by atoms with E-state index in [2.05, 4.69) is 18.0 Å². The number of hydrogen-bond acceptors (Lipinski definition) is 4. The second kappa shape index (κ2) is 3.06. The van der Waals surface area contributed by atoms with Crippen LogP contribution >= 0.6 is 11.3 Å². The van der Waals surface area contributed by atoms with Crippen LogP contribution in [0.5, 0.6) is 0 Å². The van der Waals surface area contributed by atoms with Crippen LogP contribution < -0.4 is 0 Å². The SMILES string of the molecule is CN1CCC2(CC1)OC(=O)c1sccc12. The number of carbonyl (C=O) groups excluding carboxylic acids is 1. The van der Waals surface area contributed by atoms with Gasteiger partial charge in [-0.05, 0) is 18.5 Å². The van der Waals surface area contributed by atoms with E-state index in [0.29, 0.717) is 0 Å². The van der Waals surface area contributed by atoms with Gasteiger partial charge in [-0.3, -0.25) is 0 Å². The van der Waals surface area contributed by atoms with Gasteiger partial charge in [0.05, 0.1) is 0 Å². The summed E-state index contributed by atoms with van der Waals surface area (Å²) < 4.78 is 5.59. The Hall–Kier alpha value is -0.870. The third kappa shape index (κ3) is 1.25. The molecule has 15 heavy (non-hydrogen) atoms. The molecule has 0 aromatic carbocycles. The van der Waals surface area contributed by atoms with E-state index in [-0.39, 0.29) is 11.6 Å². The highest BCUT2D eigenvalue weighted by molar-refractivity contribution is 7.12. The summed E-state index contributed by atoms with van der Waals surface area (Å²) in [5.74, 6) is -0.121. The van der Waals surface area contributed by atoms with Crippen molar-refractivity contribution in [2.75, 3.05) is 20.1 Å². The van der Waals surface area contributed by atoms with E-state index < -0.39 is 0 Å². The number of fused-ring (bicyclic) bond motifs is 2. The second-order valence-corrected chi connectivity index (χ2v) is 5.27. The predicted molar refractivity (Wildman–Crippen MR) is 58.1 cm³/mol. The normalized spacial score (nSPS) is 24.2. The van der Waals surface area contributed by atoms with Crippen molar-refractivity contribution >= 4 is 17.3 Å². The zero-order valence-electron chi connectivity index (χ0n) is 8.66. The molecule has 0 unspecified atom stereocenters. The molecule has 0 radical (unpaired) electrons. The fourth-order valence-corrected chi connectivity index (χ4v) is 3.32. The third-order valence-electron chi connectivity index (χ3n) is 3.42. The first-order valence-corrected chi connectivity index (χ1v) is 6.09. The molecule has 3 nitrogen and oxygen atoms in total. The van der Waals surface area contributed by atoms with Gasteiger partial charge in [0.15, 0.2) is 0 Å². The monoisotopic (exact) mass is 223 g/mol. The third-order valence-corrected chi connectivity index (χ3v) is 4.32. The summed E-state index contributed by atoms with van der Waals surface area (Å²) in [6, 6.07) is 2.05. The van der Waals surface area contributed by atoms with Gasteiger partial charge in [0.1, 0.15) is 10.5 Å². The van der Waals surface area contributed by atoms with Crippen LogP contribution in [0.4, 0.5) is 0 Å². The van der Waals surface area contributed by atoms with E-state index in [4.69, 9.17) is 4.74 Å². The fraction of sp³-hybridized carbons (Fsp3) is 0.545. The lowest BCUT2D eigenvalue weighted by Crippen LogP contribution is -2.40. The Kier molecular flexibility index (Phi) is 1.91. The van der Waals surface area contributed by atoms with Crippen LogP contribution in [0.3, 0.4) is 0 Å². The number of piperidine rings is 1. The molecule has 3 rings (SSSR count). The second-order valence-electron chi connectivity index (χ2n) is 4.35. The molecule has 0 N–H and O–H groups in total. The highest BCUT2D eigenvalue weighted by Crippen LogP contribution is 2.45. The molecule has 4 heteroatoms. The molecule has 1 aromatic heterocycles. The van der Waals surface area contributed by atoms with Gasteiger partial charge < -0.3 is 9.64 Å². The van der Waals surface area contributed by atoms with E-state index in [1.807, 2.05) is 5.38 Å². The van der Waals surface area contributed by atoms with Gasteiger partial charge in [-0.1, -0.05) is 0 Å². The van der Waals surface area contributed by atoms with Crippen LogP contribution in [0.25, 0.3) is 0 Å². The zero-order valence-corrected chi connectivity index (χ0v) is 9.47. The molecule has 0 atom stereocenters. The van der Waals surface area contributed by atoms with E-state index in [0.717, 1.165) is 36.4 Å². The van der Waals surface area contributed by atoms with Crippen LogP contribution in [-0.4, -0.2) is 31.0 Å². The number of ether oxygens (including phenoxy) is 1. The van der Waals surface area contributed by atoms with Crippen LogP contribution in [0.15, 0.2) is 11.4 Å². The van der Waals surface area contributed by atoms with E-state index in [1.165, 1.54) is 11.3 Å². The van der Waals surface area contributed by atoms with Gasteiger partial charge in [-0.2, -0.15) is 0 Å². The number of rotatable bonds is 0. The van der Waals surface area contributed by atoms with Gasteiger partial charge in [-0.15, -0.1) is 11.3 Å². The van der Waals surface area contributed by atoms with Gasteiger partial charge in [0.25, 0.3) is 0 Å². The number of nitrogens with zero attached hydrogens (tertiary/aromatic N) is 1. The summed E-state index contributed by atoms with van der Waals surface area (Å²) in [5, 5.41) is 1.99. The van der Waals surface area contributed by atoms with Crippen molar-refractivity contribution in [1.82, 2.24) is 4.90 Å². The molecule has 2 aliphatic heterocycles. The van der Waals surface area contributed by atoms with Crippen molar-refractivity contribution < 1.29 is 9.53 Å². The standard InChI is InChI=1S/C11H13NO2S/c1-12-5-3-11(4-6-12)8-2-7-15-9(8)10(13)14-11/h2,7H,3-6H2,1H3. The first-order valence-electron chi connectivity index (χ1n) is 5.21. The minimum atomic E-state index is -0.293. The fourth-order valence-electron chi connectivity index (χ4n) is 2.46. The number of likely N-dealkylation sites (tertiary alicyclic amines) is 1. The van der Waals surface area contributed by atoms with Gasteiger partial charge >= 0.3 is 5.97 Å². The van der Waals surface area contributed by atoms with Gasteiger partial charge in [0.2, 0.25) is 0 Å². The summed E-state index contributed by atoms with van der Waals surface area (Å²) in [5.41, 5.74) is 0.837. The maximum absolute atomic E-state index is 11.7. The molecule has 1 spiro atoms. The lowest BCUT2D eigenvalue weighted by atomic mass is 9.86. The molecule has 0 saturated carbocycles. The number of carbonyl (C=O) groups is 1. The number of hydrogen-bond donors (Lipinski definition) is 0. The van der Waals surface area contributed by atoms with Gasteiger partial charge in [-0.25, -0.2) is 4.79 Å². The average Bonchev–Trinajstić information content (AvgIpc) is 2.78. The maximum Gasteiger partial charge on any atom is 0.349 e. The van der Waals surface area contributed by atoms with Gasteiger partial charge in [0, 0.05) is 31.5 Å². The lowest BCUT2D eigenvalue weighted by molar-refractivity contribution is -0.0394. The predicted octanol–water partition coefficient (Wildman–Crippen LogP) is 1.84. The Morgan fingerprint density at radius 1 is 1.47 bits per heavy atom. The van der Waals surface area contributed by atoms with Crippen molar-refractivity contribution in [3.05, 3.63) is 21.9 Å². The molecule has 1 fully saturated rings. The minimum absolute atomic E-state index is 0.121. The van der Waals surface area contributed by atoms with Crippen molar-refractivity contribution in [2.45, 2.75) is 18.4 Å². The topological polar surface area (TPSA) is 29.5 Å². The lowest BCUT2D eigenvalue weighted by Gasteiger charge is -2.36. The van der Waals surface area contributed by atoms with Crippen LogP contribution in [0, 0.1) is 0 Å². The maximum atomic E-state index is 11.7. The van der Waals surface area contributed by atoms with Crippen molar-refractivity contribution in [2.24, 2.45) is 0 Å². The quantitative estimate of drug-likeness (QED) is 0.628. The summed E-state index contributed by atoms with van der Waals surface area (Å²) in [7, 11) is 2.11. The first-order chi connectivity index (χ1) is 7.21. The van der Waals surface area contributed by atoms with Crippen LogP contribution in [-0.2, 0) is 10.3 Å². The molecule has 1 aromatic rings. The molecule has 0 aliphatic carbocycles. The highest BCUT2D eigenvalue weighted by Gasteiger charge is 2.47. The summed E-state index contributed by atoms with van der Waals surface area (Å²) in [6.45, 7) is 2.01. The highest BCUT2D eigenvalue weighted by atomic mass is 32.1. The molecule has 0 bridgehead atoms. The molecule has 1 saturated heterocycles. The zero-order chi connectivity index (χ0) is 10.5.